The number of nitrogens with zero attached hydrogens (tertiary/aromatic N) is 2. The van der Waals surface area contributed by atoms with Crippen LogP contribution in [0.4, 0.5) is 4.39 Å². The van der Waals surface area contributed by atoms with Crippen LogP contribution >= 0.6 is 11.8 Å². The van der Waals surface area contributed by atoms with Gasteiger partial charge in [0.2, 0.25) is 5.95 Å². The predicted octanol–water partition coefficient (Wildman–Crippen LogP) is 0.700. The molecule has 0 saturated heterocycles. The second kappa shape index (κ2) is 4.25. The number of rotatable bonds is 3. The van der Waals surface area contributed by atoms with Crippen molar-refractivity contribution in [1.82, 2.24) is 9.97 Å². The summed E-state index contributed by atoms with van der Waals surface area (Å²) in [6.45, 7) is 0.0658. The van der Waals surface area contributed by atoms with Gasteiger partial charge in [0.05, 0.1) is 6.61 Å². The van der Waals surface area contributed by atoms with Crippen molar-refractivity contribution >= 4 is 11.8 Å². The third kappa shape index (κ3) is 2.81. The fourth-order valence-electron chi connectivity index (χ4n) is 0.546. The molecule has 1 rings (SSSR count). The van der Waals surface area contributed by atoms with Crippen molar-refractivity contribution in [3.05, 3.63) is 18.3 Å². The van der Waals surface area contributed by atoms with Gasteiger partial charge in [-0.05, 0) is 0 Å². The second-order valence-electron chi connectivity index (χ2n) is 1.75. The molecule has 0 saturated carbocycles. The van der Waals surface area contributed by atoms with Crippen molar-refractivity contribution in [2.24, 2.45) is 0 Å². The van der Waals surface area contributed by atoms with E-state index in [-0.39, 0.29) is 6.61 Å². The van der Waals surface area contributed by atoms with E-state index < -0.39 is 5.95 Å². The Morgan fingerprint density at radius 1 is 1.55 bits per heavy atom. The summed E-state index contributed by atoms with van der Waals surface area (Å²) in [5.41, 5.74) is 0. The summed E-state index contributed by atoms with van der Waals surface area (Å²) in [6, 6.07) is 1.24. The lowest BCUT2D eigenvalue weighted by Gasteiger charge is -1.95. The first-order valence-electron chi connectivity index (χ1n) is 3.04. The molecule has 0 aliphatic heterocycles. The van der Waals surface area contributed by atoms with Crippen LogP contribution in [0.3, 0.4) is 0 Å². The van der Waals surface area contributed by atoms with Gasteiger partial charge in [-0.1, -0.05) is 0 Å². The Morgan fingerprint density at radius 3 is 3.00 bits per heavy atom. The van der Waals surface area contributed by atoms with Crippen LogP contribution in [0.5, 0.6) is 0 Å². The number of halogens is 1. The van der Waals surface area contributed by atoms with Gasteiger partial charge in [-0.25, -0.2) is 9.97 Å². The van der Waals surface area contributed by atoms with Crippen molar-refractivity contribution < 1.29 is 9.50 Å². The average molecular weight is 174 g/mol. The molecule has 0 fully saturated rings. The standard InChI is InChI=1S/C6H7FN2OS/c7-5-3-6(9-4-8-5)11-2-1-10/h3-4,10H,1-2H2. The van der Waals surface area contributed by atoms with Crippen molar-refractivity contribution in [3.8, 4) is 0 Å². The Balaban J connectivity index is 2.56. The molecular weight excluding hydrogens is 167 g/mol. The fraction of sp³-hybridized carbons (Fsp3) is 0.333. The lowest BCUT2D eigenvalue weighted by atomic mass is 10.7. The summed E-state index contributed by atoms with van der Waals surface area (Å²) >= 11 is 1.29. The van der Waals surface area contributed by atoms with E-state index in [0.29, 0.717) is 10.8 Å². The molecule has 0 aromatic carbocycles. The van der Waals surface area contributed by atoms with E-state index >= 15 is 0 Å². The molecule has 1 aromatic rings. The number of aliphatic hydroxyl groups is 1. The number of hydrogen-bond donors (Lipinski definition) is 1. The monoisotopic (exact) mass is 174 g/mol. The number of hydrogen-bond acceptors (Lipinski definition) is 4. The summed E-state index contributed by atoms with van der Waals surface area (Å²) in [7, 11) is 0. The highest BCUT2D eigenvalue weighted by Gasteiger charge is 1.96. The number of aliphatic hydroxyl groups excluding tert-OH is 1. The molecule has 60 valence electrons. The van der Waals surface area contributed by atoms with Crippen LogP contribution in [0.25, 0.3) is 0 Å². The minimum atomic E-state index is -0.541. The molecule has 5 heteroatoms. The maximum Gasteiger partial charge on any atom is 0.217 e. The highest BCUT2D eigenvalue weighted by atomic mass is 32.2. The first-order valence-corrected chi connectivity index (χ1v) is 4.02. The highest BCUT2D eigenvalue weighted by Crippen LogP contribution is 2.13. The fourth-order valence-corrected chi connectivity index (χ4v) is 1.15. The first kappa shape index (κ1) is 8.42. The van der Waals surface area contributed by atoms with Crippen molar-refractivity contribution in [2.45, 2.75) is 5.03 Å². The SMILES string of the molecule is OCCSc1cc(F)ncn1. The van der Waals surface area contributed by atoms with Crippen LogP contribution in [-0.2, 0) is 0 Å². The van der Waals surface area contributed by atoms with Gasteiger partial charge in [-0.3, -0.25) is 0 Å². The highest BCUT2D eigenvalue weighted by molar-refractivity contribution is 7.99. The number of thioether (sulfide) groups is 1. The van der Waals surface area contributed by atoms with E-state index in [1.165, 1.54) is 17.8 Å². The van der Waals surface area contributed by atoms with Gasteiger partial charge in [0.25, 0.3) is 0 Å². The Kier molecular flexibility index (Phi) is 3.25. The van der Waals surface area contributed by atoms with Crippen LogP contribution in [0.15, 0.2) is 17.4 Å². The Labute approximate surface area is 67.7 Å². The molecule has 0 spiro atoms. The maximum atomic E-state index is 12.4. The van der Waals surface area contributed by atoms with Crippen molar-refractivity contribution in [1.29, 1.82) is 0 Å². The van der Waals surface area contributed by atoms with Gasteiger partial charge in [0.15, 0.2) is 0 Å². The average Bonchev–Trinajstić information content (AvgIpc) is 2.01. The van der Waals surface area contributed by atoms with E-state index in [2.05, 4.69) is 9.97 Å². The lowest BCUT2D eigenvalue weighted by Crippen LogP contribution is -1.90. The molecule has 0 unspecified atom stereocenters. The van der Waals surface area contributed by atoms with Gasteiger partial charge < -0.3 is 5.11 Å². The first-order chi connectivity index (χ1) is 5.33. The largest absolute Gasteiger partial charge is 0.396 e. The zero-order chi connectivity index (χ0) is 8.10. The van der Waals surface area contributed by atoms with Crippen LogP contribution < -0.4 is 0 Å². The van der Waals surface area contributed by atoms with Gasteiger partial charge in [0.1, 0.15) is 11.4 Å². The third-order valence-electron chi connectivity index (χ3n) is 0.950. The number of aromatic nitrogens is 2. The summed E-state index contributed by atoms with van der Waals surface area (Å²) in [5.74, 6) is -0.0170. The van der Waals surface area contributed by atoms with E-state index in [4.69, 9.17) is 5.11 Å². The molecule has 0 aliphatic carbocycles. The molecule has 0 atom stereocenters. The maximum absolute atomic E-state index is 12.4. The predicted molar refractivity (Wildman–Crippen MR) is 39.8 cm³/mol. The zero-order valence-corrected chi connectivity index (χ0v) is 6.51. The zero-order valence-electron chi connectivity index (χ0n) is 5.70. The van der Waals surface area contributed by atoms with Crippen molar-refractivity contribution in [2.75, 3.05) is 12.4 Å². The molecule has 0 amide bonds. The molecule has 0 bridgehead atoms. The van der Waals surface area contributed by atoms with E-state index in [1.807, 2.05) is 0 Å². The summed E-state index contributed by atoms with van der Waals surface area (Å²) in [4.78, 5) is 7.07. The van der Waals surface area contributed by atoms with Crippen LogP contribution in [0.1, 0.15) is 0 Å². The Hall–Kier alpha value is -0.680. The molecule has 0 radical (unpaired) electrons. The summed E-state index contributed by atoms with van der Waals surface area (Å²) in [5, 5.41) is 8.99. The molecular formula is C6H7FN2OS. The summed E-state index contributed by atoms with van der Waals surface area (Å²) < 4.78 is 12.4. The van der Waals surface area contributed by atoms with E-state index in [1.54, 1.807) is 0 Å². The Bertz CT molecular complexity index is 234. The minimum Gasteiger partial charge on any atom is -0.396 e. The smallest absolute Gasteiger partial charge is 0.217 e. The molecule has 3 nitrogen and oxygen atoms in total. The van der Waals surface area contributed by atoms with Crippen molar-refractivity contribution in [3.63, 3.8) is 0 Å². The minimum absolute atomic E-state index is 0.0658. The molecule has 1 heterocycles. The van der Waals surface area contributed by atoms with Gasteiger partial charge in [-0.2, -0.15) is 4.39 Å². The Morgan fingerprint density at radius 2 is 2.36 bits per heavy atom. The van der Waals surface area contributed by atoms with Gasteiger partial charge in [-0.15, -0.1) is 11.8 Å². The van der Waals surface area contributed by atoms with Crippen LogP contribution in [-0.4, -0.2) is 27.4 Å². The molecule has 1 aromatic heterocycles. The normalized spacial score (nSPS) is 10.0. The molecule has 1 N–H and O–H groups in total. The van der Waals surface area contributed by atoms with Gasteiger partial charge >= 0.3 is 0 Å². The quantitative estimate of drug-likeness (QED) is 0.541. The van der Waals surface area contributed by atoms with E-state index in [0.717, 1.165) is 6.33 Å². The van der Waals surface area contributed by atoms with Crippen LogP contribution in [0.2, 0.25) is 0 Å². The van der Waals surface area contributed by atoms with Gasteiger partial charge in [0, 0.05) is 11.8 Å². The summed E-state index contributed by atoms with van der Waals surface area (Å²) in [6.07, 6.45) is 1.16. The molecule has 0 aliphatic rings. The van der Waals surface area contributed by atoms with Crippen LogP contribution in [0, 0.1) is 5.95 Å². The lowest BCUT2D eigenvalue weighted by molar-refractivity contribution is 0.322. The third-order valence-corrected chi connectivity index (χ3v) is 1.86. The topological polar surface area (TPSA) is 46.0 Å². The molecule has 11 heavy (non-hydrogen) atoms. The van der Waals surface area contributed by atoms with E-state index in [9.17, 15) is 4.39 Å². The second-order valence-corrected chi connectivity index (χ2v) is 2.87.